The quantitative estimate of drug-likeness (QED) is 0.721. The Morgan fingerprint density at radius 3 is 2.52 bits per heavy atom. The van der Waals surface area contributed by atoms with Gasteiger partial charge in [0.2, 0.25) is 5.91 Å². The van der Waals surface area contributed by atoms with Crippen LogP contribution < -0.4 is 9.64 Å². The highest BCUT2D eigenvalue weighted by molar-refractivity contribution is 7.91. The first-order chi connectivity index (χ1) is 14.0. The number of rotatable bonds is 5. The maximum Gasteiger partial charge on any atom is 0.253 e. The van der Waals surface area contributed by atoms with Gasteiger partial charge in [-0.1, -0.05) is 18.2 Å². The highest BCUT2D eigenvalue weighted by Crippen LogP contribution is 2.31. The van der Waals surface area contributed by atoms with Crippen molar-refractivity contribution in [1.82, 2.24) is 9.21 Å². The average molecular weight is 436 g/mol. The van der Waals surface area contributed by atoms with Gasteiger partial charge in [-0.05, 0) is 36.4 Å². The summed E-state index contributed by atoms with van der Waals surface area (Å²) in [7, 11) is -1.96. The third kappa shape index (κ3) is 3.86. The lowest BCUT2D eigenvalue weighted by Gasteiger charge is -2.38. The van der Waals surface area contributed by atoms with Crippen LogP contribution in [0.15, 0.2) is 46.0 Å². The zero-order valence-corrected chi connectivity index (χ0v) is 18.0. The van der Waals surface area contributed by atoms with Gasteiger partial charge in [0, 0.05) is 32.7 Å². The lowest BCUT2D eigenvalue weighted by Crippen LogP contribution is -2.54. The summed E-state index contributed by atoms with van der Waals surface area (Å²) in [6.45, 7) is 2.92. The summed E-state index contributed by atoms with van der Waals surface area (Å²) in [6.07, 6.45) is 1.29. The number of para-hydroxylation sites is 2. The maximum atomic E-state index is 13.2. The Morgan fingerprint density at radius 1 is 1.07 bits per heavy atom. The van der Waals surface area contributed by atoms with Crippen LogP contribution in [0.4, 0.5) is 5.69 Å². The summed E-state index contributed by atoms with van der Waals surface area (Å²) in [6, 6.07) is 10.6. The molecule has 0 radical (unpaired) electrons. The van der Waals surface area contributed by atoms with Crippen molar-refractivity contribution in [2.45, 2.75) is 23.1 Å². The number of hydrogen-bond acceptors (Lipinski definition) is 6. The zero-order chi connectivity index (χ0) is 20.4. The molecule has 2 saturated heterocycles. The number of carbonyl (C=O) groups is 1. The fraction of sp³-hybridized carbons (Fsp3) is 0.450. The third-order valence-electron chi connectivity index (χ3n) is 5.56. The molecule has 2 fully saturated rings. The molecule has 1 atom stereocenters. The number of sulfonamides is 1. The van der Waals surface area contributed by atoms with Crippen LogP contribution in [0.1, 0.15) is 12.8 Å². The van der Waals surface area contributed by atoms with Gasteiger partial charge in [0.1, 0.15) is 16.0 Å². The second kappa shape index (κ2) is 8.33. The Labute approximate surface area is 175 Å². The topological polar surface area (TPSA) is 70.2 Å². The van der Waals surface area contributed by atoms with Crippen molar-refractivity contribution in [3.63, 3.8) is 0 Å². The monoisotopic (exact) mass is 435 g/mol. The molecular weight excluding hydrogens is 410 g/mol. The fourth-order valence-corrected chi connectivity index (χ4v) is 6.84. The van der Waals surface area contributed by atoms with E-state index in [-0.39, 0.29) is 5.91 Å². The van der Waals surface area contributed by atoms with Crippen LogP contribution in [0, 0.1) is 0 Å². The highest BCUT2D eigenvalue weighted by Gasteiger charge is 2.42. The van der Waals surface area contributed by atoms with Gasteiger partial charge in [-0.3, -0.25) is 4.79 Å². The van der Waals surface area contributed by atoms with Crippen LogP contribution in [-0.2, 0) is 14.8 Å². The average Bonchev–Trinajstić information content (AvgIpc) is 3.46. The molecule has 3 heterocycles. The van der Waals surface area contributed by atoms with E-state index >= 15 is 0 Å². The van der Waals surface area contributed by atoms with E-state index in [4.69, 9.17) is 4.74 Å². The predicted octanol–water partition coefficient (Wildman–Crippen LogP) is 2.26. The summed E-state index contributed by atoms with van der Waals surface area (Å²) < 4.78 is 33.0. The number of ether oxygens (including phenoxy) is 1. The maximum absolute atomic E-state index is 13.2. The number of nitrogens with zero attached hydrogens (tertiary/aromatic N) is 3. The summed E-state index contributed by atoms with van der Waals surface area (Å²) in [5.74, 6) is 0.735. The van der Waals surface area contributed by atoms with Gasteiger partial charge in [-0.2, -0.15) is 4.31 Å². The molecule has 0 aliphatic carbocycles. The van der Waals surface area contributed by atoms with Crippen molar-refractivity contribution in [2.75, 3.05) is 44.7 Å². The number of amides is 1. The van der Waals surface area contributed by atoms with E-state index in [0.29, 0.717) is 49.8 Å². The summed E-state index contributed by atoms with van der Waals surface area (Å²) in [4.78, 5) is 17.2. The Kier molecular flexibility index (Phi) is 5.80. The molecule has 29 heavy (non-hydrogen) atoms. The number of methoxy groups -OCH3 is 1. The molecule has 2 aromatic rings. The lowest BCUT2D eigenvalue weighted by molar-refractivity contribution is -0.134. The molecule has 2 aliphatic heterocycles. The van der Waals surface area contributed by atoms with Gasteiger partial charge >= 0.3 is 0 Å². The first-order valence-corrected chi connectivity index (χ1v) is 12.1. The SMILES string of the molecule is COc1ccccc1N1CCN(C(=O)C2CCCN2S(=O)(=O)c2cccs2)CC1. The smallest absolute Gasteiger partial charge is 0.253 e. The summed E-state index contributed by atoms with van der Waals surface area (Å²) in [5.41, 5.74) is 1.02. The Balaban J connectivity index is 1.44. The molecule has 156 valence electrons. The van der Waals surface area contributed by atoms with Crippen LogP contribution in [0.3, 0.4) is 0 Å². The first-order valence-electron chi connectivity index (χ1n) is 9.74. The first kappa shape index (κ1) is 20.2. The molecule has 2 aliphatic rings. The van der Waals surface area contributed by atoms with Crippen LogP contribution in [0.2, 0.25) is 0 Å². The van der Waals surface area contributed by atoms with Crippen LogP contribution in [-0.4, -0.2) is 69.4 Å². The third-order valence-corrected chi connectivity index (χ3v) is 8.85. The molecule has 0 spiro atoms. The van der Waals surface area contributed by atoms with Crippen molar-refractivity contribution in [2.24, 2.45) is 0 Å². The van der Waals surface area contributed by atoms with Crippen molar-refractivity contribution < 1.29 is 17.9 Å². The van der Waals surface area contributed by atoms with Gasteiger partial charge in [0.15, 0.2) is 0 Å². The number of piperazine rings is 1. The van der Waals surface area contributed by atoms with Gasteiger partial charge in [0.25, 0.3) is 10.0 Å². The molecule has 9 heteroatoms. The van der Waals surface area contributed by atoms with E-state index in [2.05, 4.69) is 4.90 Å². The fourth-order valence-electron chi connectivity index (χ4n) is 4.07. The highest BCUT2D eigenvalue weighted by atomic mass is 32.2. The Bertz CT molecular complexity index is 954. The van der Waals surface area contributed by atoms with E-state index in [1.807, 2.05) is 24.3 Å². The molecule has 0 bridgehead atoms. The van der Waals surface area contributed by atoms with Crippen molar-refractivity contribution in [3.05, 3.63) is 41.8 Å². The largest absolute Gasteiger partial charge is 0.495 e. The number of hydrogen-bond donors (Lipinski definition) is 0. The zero-order valence-electron chi connectivity index (χ0n) is 16.4. The second-order valence-electron chi connectivity index (χ2n) is 7.19. The van der Waals surface area contributed by atoms with Gasteiger partial charge in [-0.25, -0.2) is 8.42 Å². The normalized spacial score (nSPS) is 20.8. The molecule has 1 unspecified atom stereocenters. The molecular formula is C20H25N3O4S2. The minimum atomic E-state index is -3.61. The van der Waals surface area contributed by atoms with E-state index in [9.17, 15) is 13.2 Å². The predicted molar refractivity (Wildman–Crippen MR) is 113 cm³/mol. The second-order valence-corrected chi connectivity index (χ2v) is 10.3. The van der Waals surface area contributed by atoms with Crippen molar-refractivity contribution in [1.29, 1.82) is 0 Å². The van der Waals surface area contributed by atoms with E-state index in [1.165, 1.54) is 15.6 Å². The van der Waals surface area contributed by atoms with E-state index in [1.54, 1.807) is 29.5 Å². The molecule has 1 aromatic carbocycles. The molecule has 1 amide bonds. The lowest BCUT2D eigenvalue weighted by atomic mass is 10.1. The molecule has 7 nitrogen and oxygen atoms in total. The van der Waals surface area contributed by atoms with Crippen LogP contribution in [0.5, 0.6) is 5.75 Å². The van der Waals surface area contributed by atoms with Crippen molar-refractivity contribution >= 4 is 33.0 Å². The van der Waals surface area contributed by atoms with Crippen molar-refractivity contribution in [3.8, 4) is 5.75 Å². The van der Waals surface area contributed by atoms with Gasteiger partial charge in [0.05, 0.1) is 12.8 Å². The Morgan fingerprint density at radius 2 is 1.83 bits per heavy atom. The van der Waals surface area contributed by atoms with Crippen LogP contribution >= 0.6 is 11.3 Å². The molecule has 4 rings (SSSR count). The number of benzene rings is 1. The summed E-state index contributed by atoms with van der Waals surface area (Å²) >= 11 is 1.19. The minimum absolute atomic E-state index is 0.0812. The van der Waals surface area contributed by atoms with Gasteiger partial charge < -0.3 is 14.5 Å². The van der Waals surface area contributed by atoms with E-state index < -0.39 is 16.1 Å². The number of thiophene rings is 1. The standard InChI is InChI=1S/C20H25N3O4S2/c1-27-18-8-3-2-6-16(18)21-11-13-22(14-12-21)20(24)17-7-4-10-23(17)29(25,26)19-9-5-15-28-19/h2-3,5-6,8-9,15,17H,4,7,10-14H2,1H3. The van der Waals surface area contributed by atoms with Crippen LogP contribution in [0.25, 0.3) is 0 Å². The van der Waals surface area contributed by atoms with E-state index in [0.717, 1.165) is 11.4 Å². The Hall–Kier alpha value is -2.10. The number of anilines is 1. The molecule has 0 saturated carbocycles. The summed E-state index contributed by atoms with van der Waals surface area (Å²) in [5, 5.41) is 1.75. The number of carbonyl (C=O) groups excluding carboxylic acids is 1. The van der Waals surface area contributed by atoms with Gasteiger partial charge in [-0.15, -0.1) is 11.3 Å². The molecule has 0 N–H and O–H groups in total. The molecule has 1 aromatic heterocycles. The minimum Gasteiger partial charge on any atom is -0.495 e.